The Hall–Kier alpha value is -2.99. The SMILES string of the molecule is COc1cc(C2CC(=O)Nc3c2cnn3-c2cccc(Cl)c2C)ccc1OC(C)C. The molecule has 1 aliphatic heterocycles. The van der Waals surface area contributed by atoms with E-state index < -0.39 is 0 Å². The van der Waals surface area contributed by atoms with Crippen molar-refractivity contribution in [3.63, 3.8) is 0 Å². The number of benzene rings is 2. The topological polar surface area (TPSA) is 65.4 Å². The quantitative estimate of drug-likeness (QED) is 0.617. The molecule has 2 aromatic carbocycles. The molecule has 0 saturated carbocycles. The lowest BCUT2D eigenvalue weighted by Crippen LogP contribution is -2.24. The van der Waals surface area contributed by atoms with Crippen LogP contribution in [-0.2, 0) is 4.79 Å². The van der Waals surface area contributed by atoms with Gasteiger partial charge in [-0.2, -0.15) is 5.10 Å². The minimum atomic E-state index is -0.135. The van der Waals surface area contributed by atoms with E-state index in [0.29, 0.717) is 28.8 Å². The lowest BCUT2D eigenvalue weighted by molar-refractivity contribution is -0.116. The van der Waals surface area contributed by atoms with Gasteiger partial charge in [-0.25, -0.2) is 4.68 Å². The van der Waals surface area contributed by atoms with E-state index in [2.05, 4.69) is 10.4 Å². The van der Waals surface area contributed by atoms with Crippen LogP contribution < -0.4 is 14.8 Å². The Morgan fingerprint density at radius 1 is 1.23 bits per heavy atom. The van der Waals surface area contributed by atoms with E-state index in [1.807, 2.05) is 63.4 Å². The zero-order valence-electron chi connectivity index (χ0n) is 17.4. The van der Waals surface area contributed by atoms with E-state index in [1.54, 1.807) is 11.8 Å². The van der Waals surface area contributed by atoms with Gasteiger partial charge in [-0.3, -0.25) is 4.79 Å². The average molecular weight is 426 g/mol. The molecule has 0 bridgehead atoms. The largest absolute Gasteiger partial charge is 0.493 e. The van der Waals surface area contributed by atoms with Crippen LogP contribution in [0.2, 0.25) is 5.02 Å². The molecule has 0 radical (unpaired) electrons. The van der Waals surface area contributed by atoms with Crippen LogP contribution in [0.4, 0.5) is 5.82 Å². The number of nitrogens with one attached hydrogen (secondary N) is 1. The van der Waals surface area contributed by atoms with E-state index in [9.17, 15) is 4.79 Å². The summed E-state index contributed by atoms with van der Waals surface area (Å²) in [6.45, 7) is 5.88. The number of hydrogen-bond acceptors (Lipinski definition) is 4. The lowest BCUT2D eigenvalue weighted by Gasteiger charge is -2.25. The van der Waals surface area contributed by atoms with Gasteiger partial charge in [0.25, 0.3) is 0 Å². The van der Waals surface area contributed by atoms with E-state index in [0.717, 1.165) is 22.4 Å². The Labute approximate surface area is 180 Å². The number of anilines is 1. The van der Waals surface area contributed by atoms with Gasteiger partial charge in [-0.1, -0.05) is 23.7 Å². The molecule has 0 fully saturated rings. The van der Waals surface area contributed by atoms with Crippen molar-refractivity contribution in [3.8, 4) is 17.2 Å². The number of halogens is 1. The maximum absolute atomic E-state index is 12.6. The van der Waals surface area contributed by atoms with E-state index in [-0.39, 0.29) is 17.9 Å². The van der Waals surface area contributed by atoms with E-state index in [4.69, 9.17) is 21.1 Å². The van der Waals surface area contributed by atoms with Crippen molar-refractivity contribution >= 4 is 23.3 Å². The van der Waals surface area contributed by atoms with Crippen LogP contribution in [0.25, 0.3) is 5.69 Å². The van der Waals surface area contributed by atoms with Crippen molar-refractivity contribution in [1.82, 2.24) is 9.78 Å². The van der Waals surface area contributed by atoms with Gasteiger partial charge in [0.2, 0.25) is 5.91 Å². The van der Waals surface area contributed by atoms with Gasteiger partial charge < -0.3 is 14.8 Å². The summed E-state index contributed by atoms with van der Waals surface area (Å²) in [7, 11) is 1.62. The van der Waals surface area contributed by atoms with Crippen molar-refractivity contribution < 1.29 is 14.3 Å². The van der Waals surface area contributed by atoms with Crippen LogP contribution >= 0.6 is 11.6 Å². The predicted molar refractivity (Wildman–Crippen MR) is 117 cm³/mol. The fourth-order valence-corrected chi connectivity index (χ4v) is 3.95. The number of amides is 1. The van der Waals surface area contributed by atoms with Crippen LogP contribution in [-0.4, -0.2) is 28.9 Å². The van der Waals surface area contributed by atoms with E-state index in [1.165, 1.54) is 0 Å². The number of carbonyl (C=O) groups excluding carboxylic acids is 1. The second-order valence-corrected chi connectivity index (χ2v) is 8.03. The molecule has 1 N–H and O–H groups in total. The highest BCUT2D eigenvalue weighted by molar-refractivity contribution is 6.31. The molecule has 0 aliphatic carbocycles. The molecule has 30 heavy (non-hydrogen) atoms. The van der Waals surface area contributed by atoms with Crippen LogP contribution in [0.1, 0.15) is 42.9 Å². The first-order chi connectivity index (χ1) is 14.4. The Morgan fingerprint density at radius 2 is 2.03 bits per heavy atom. The first kappa shape index (κ1) is 20.3. The first-order valence-corrected chi connectivity index (χ1v) is 10.2. The molecule has 7 heteroatoms. The third kappa shape index (κ3) is 3.63. The highest BCUT2D eigenvalue weighted by Gasteiger charge is 2.31. The van der Waals surface area contributed by atoms with Gasteiger partial charge in [-0.15, -0.1) is 0 Å². The van der Waals surface area contributed by atoms with Crippen molar-refractivity contribution in [2.45, 2.75) is 39.2 Å². The molecule has 1 aromatic heterocycles. The first-order valence-electron chi connectivity index (χ1n) is 9.87. The molecular weight excluding hydrogens is 402 g/mol. The Balaban J connectivity index is 1.78. The number of methoxy groups -OCH3 is 1. The molecule has 156 valence electrons. The van der Waals surface area contributed by atoms with E-state index >= 15 is 0 Å². The number of ether oxygens (including phenoxy) is 2. The summed E-state index contributed by atoms with van der Waals surface area (Å²) in [6, 6.07) is 11.5. The molecule has 1 aliphatic rings. The molecule has 4 rings (SSSR count). The molecule has 1 amide bonds. The summed E-state index contributed by atoms with van der Waals surface area (Å²) >= 11 is 6.30. The molecule has 2 heterocycles. The van der Waals surface area contributed by atoms with Crippen molar-refractivity contribution in [1.29, 1.82) is 0 Å². The lowest BCUT2D eigenvalue weighted by atomic mass is 9.87. The van der Waals surface area contributed by atoms with Crippen LogP contribution in [0.5, 0.6) is 11.5 Å². The molecule has 0 saturated heterocycles. The average Bonchev–Trinajstić information content (AvgIpc) is 3.13. The third-order valence-electron chi connectivity index (χ3n) is 5.24. The van der Waals surface area contributed by atoms with Gasteiger partial charge in [0.15, 0.2) is 11.5 Å². The predicted octanol–water partition coefficient (Wildman–Crippen LogP) is 5.10. The molecule has 0 spiro atoms. The van der Waals surface area contributed by atoms with Crippen molar-refractivity contribution in [3.05, 3.63) is 64.3 Å². The van der Waals surface area contributed by atoms with Crippen LogP contribution in [0.15, 0.2) is 42.6 Å². The molecule has 6 nitrogen and oxygen atoms in total. The Bertz CT molecular complexity index is 1110. The number of hydrogen-bond donors (Lipinski definition) is 1. The van der Waals surface area contributed by atoms with Gasteiger partial charge in [-0.05, 0) is 56.2 Å². The van der Waals surface area contributed by atoms with Gasteiger partial charge in [0.05, 0.1) is 25.1 Å². The maximum atomic E-state index is 12.6. The smallest absolute Gasteiger partial charge is 0.226 e. The van der Waals surface area contributed by atoms with Crippen LogP contribution in [0.3, 0.4) is 0 Å². The van der Waals surface area contributed by atoms with Gasteiger partial charge in [0.1, 0.15) is 5.82 Å². The third-order valence-corrected chi connectivity index (χ3v) is 5.65. The monoisotopic (exact) mass is 425 g/mol. The van der Waals surface area contributed by atoms with Crippen molar-refractivity contribution in [2.24, 2.45) is 0 Å². The van der Waals surface area contributed by atoms with Gasteiger partial charge >= 0.3 is 0 Å². The fraction of sp³-hybridized carbons (Fsp3) is 0.304. The zero-order valence-corrected chi connectivity index (χ0v) is 18.2. The normalized spacial score (nSPS) is 15.7. The summed E-state index contributed by atoms with van der Waals surface area (Å²) in [5.41, 5.74) is 3.66. The summed E-state index contributed by atoms with van der Waals surface area (Å²) in [5, 5.41) is 8.20. The van der Waals surface area contributed by atoms with Gasteiger partial charge in [0, 0.05) is 22.9 Å². The Morgan fingerprint density at radius 3 is 2.77 bits per heavy atom. The minimum Gasteiger partial charge on any atom is -0.493 e. The number of rotatable bonds is 5. The second kappa shape index (κ2) is 8.03. The summed E-state index contributed by atoms with van der Waals surface area (Å²) in [4.78, 5) is 12.6. The number of carbonyl (C=O) groups is 1. The molecule has 1 unspecified atom stereocenters. The fourth-order valence-electron chi connectivity index (χ4n) is 3.78. The highest BCUT2D eigenvalue weighted by Crippen LogP contribution is 2.41. The Kier molecular flexibility index (Phi) is 5.43. The minimum absolute atomic E-state index is 0.0379. The molecule has 3 aromatic rings. The number of fused-ring (bicyclic) bond motifs is 1. The maximum Gasteiger partial charge on any atom is 0.226 e. The van der Waals surface area contributed by atoms with Crippen molar-refractivity contribution in [2.75, 3.05) is 12.4 Å². The number of nitrogens with zero attached hydrogens (tertiary/aromatic N) is 2. The summed E-state index contributed by atoms with van der Waals surface area (Å²) < 4.78 is 13.1. The summed E-state index contributed by atoms with van der Waals surface area (Å²) in [6.07, 6.45) is 2.18. The number of aromatic nitrogens is 2. The highest BCUT2D eigenvalue weighted by atomic mass is 35.5. The van der Waals surface area contributed by atoms with Crippen LogP contribution in [0, 0.1) is 6.92 Å². The molecule has 1 atom stereocenters. The standard InChI is InChI=1S/C23H24ClN3O3/c1-13(2)30-20-9-8-15(10-21(20)29-4)16-11-22(28)26-23-17(16)12-25-27(23)19-7-5-6-18(24)14(19)3/h5-10,12-13,16H,11H2,1-4H3,(H,26,28). The summed E-state index contributed by atoms with van der Waals surface area (Å²) in [5.74, 6) is 1.80. The zero-order chi connectivity index (χ0) is 21.4. The second-order valence-electron chi connectivity index (χ2n) is 7.63. The molecular formula is C23H24ClN3O3.